The Bertz CT molecular complexity index is 554. The first kappa shape index (κ1) is 13.1. The number of halogens is 2. The second-order valence-electron chi connectivity index (χ2n) is 4.22. The molecule has 1 atom stereocenters. The summed E-state index contributed by atoms with van der Waals surface area (Å²) in [5.74, 6) is -0.386. The van der Waals surface area contributed by atoms with Crippen LogP contribution in [-0.2, 0) is 0 Å². The molecule has 0 bridgehead atoms. The van der Waals surface area contributed by atoms with E-state index in [2.05, 4.69) is 5.32 Å². The fourth-order valence-electron chi connectivity index (χ4n) is 2.13. The first-order valence-electron chi connectivity index (χ1n) is 5.82. The summed E-state index contributed by atoms with van der Waals surface area (Å²) >= 11 is 6.05. The summed E-state index contributed by atoms with van der Waals surface area (Å²) in [6.45, 7) is 2.03. The van der Waals surface area contributed by atoms with Gasteiger partial charge in [0.15, 0.2) is 0 Å². The minimum atomic E-state index is -0.386. The monoisotopic (exact) mass is 263 g/mol. The number of nitrogens with one attached hydrogen (secondary N) is 1. The quantitative estimate of drug-likeness (QED) is 0.879. The average molecular weight is 264 g/mol. The maximum Gasteiger partial charge on any atom is 0.142 e. The van der Waals surface area contributed by atoms with Gasteiger partial charge < -0.3 is 5.32 Å². The summed E-state index contributed by atoms with van der Waals surface area (Å²) in [6, 6.07) is 12.8. The van der Waals surface area contributed by atoms with Crippen molar-refractivity contribution in [2.45, 2.75) is 13.0 Å². The molecule has 1 unspecified atom stereocenters. The molecule has 0 heterocycles. The molecule has 0 spiro atoms. The molecule has 2 aromatic carbocycles. The lowest BCUT2D eigenvalue weighted by molar-refractivity contribution is 0.617. The molecule has 2 aromatic rings. The molecule has 3 heteroatoms. The van der Waals surface area contributed by atoms with Gasteiger partial charge in [0.25, 0.3) is 0 Å². The van der Waals surface area contributed by atoms with E-state index in [0.29, 0.717) is 0 Å². The largest absolute Gasteiger partial charge is 0.309 e. The smallest absolute Gasteiger partial charge is 0.142 e. The molecule has 1 nitrogen and oxygen atoms in total. The van der Waals surface area contributed by atoms with E-state index in [9.17, 15) is 4.39 Å². The van der Waals surface area contributed by atoms with E-state index in [-0.39, 0.29) is 16.9 Å². The molecule has 0 aliphatic rings. The van der Waals surface area contributed by atoms with Crippen LogP contribution in [0.4, 0.5) is 4.39 Å². The van der Waals surface area contributed by atoms with Gasteiger partial charge in [0.2, 0.25) is 0 Å². The molecule has 0 radical (unpaired) electrons. The molecular formula is C15H15ClFN. The number of benzene rings is 2. The molecule has 18 heavy (non-hydrogen) atoms. The third-order valence-corrected chi connectivity index (χ3v) is 3.48. The lowest BCUT2D eigenvalue weighted by atomic mass is 9.95. The van der Waals surface area contributed by atoms with Crippen molar-refractivity contribution in [1.29, 1.82) is 0 Å². The minimum Gasteiger partial charge on any atom is -0.309 e. The van der Waals surface area contributed by atoms with E-state index in [1.807, 2.05) is 44.3 Å². The summed E-state index contributed by atoms with van der Waals surface area (Å²) in [5, 5.41) is 3.37. The number of hydrogen-bond donors (Lipinski definition) is 1. The second-order valence-corrected chi connectivity index (χ2v) is 4.60. The van der Waals surface area contributed by atoms with Crippen molar-refractivity contribution in [2.75, 3.05) is 7.05 Å². The topological polar surface area (TPSA) is 12.0 Å². The predicted octanol–water partition coefficient (Wildman–Crippen LogP) is 4.10. The molecule has 0 aliphatic carbocycles. The number of aryl methyl sites for hydroxylation is 1. The summed E-state index contributed by atoms with van der Waals surface area (Å²) in [5.41, 5.74) is 3.01. The summed E-state index contributed by atoms with van der Waals surface area (Å²) in [4.78, 5) is 0. The highest BCUT2D eigenvalue weighted by Gasteiger charge is 2.18. The third kappa shape index (κ3) is 2.40. The Morgan fingerprint density at radius 2 is 1.72 bits per heavy atom. The minimum absolute atomic E-state index is 0.102. The second kappa shape index (κ2) is 5.51. The van der Waals surface area contributed by atoms with Gasteiger partial charge in [-0.1, -0.05) is 48.0 Å². The van der Waals surface area contributed by atoms with Crippen LogP contribution >= 0.6 is 11.6 Å². The zero-order valence-electron chi connectivity index (χ0n) is 10.4. The molecule has 94 valence electrons. The van der Waals surface area contributed by atoms with E-state index in [1.165, 1.54) is 6.07 Å². The van der Waals surface area contributed by atoms with Crippen LogP contribution in [0.3, 0.4) is 0 Å². The zero-order chi connectivity index (χ0) is 13.1. The van der Waals surface area contributed by atoms with Crippen molar-refractivity contribution < 1.29 is 4.39 Å². The van der Waals surface area contributed by atoms with Crippen LogP contribution in [0.2, 0.25) is 5.02 Å². The summed E-state index contributed by atoms with van der Waals surface area (Å²) in [6.07, 6.45) is 0. The van der Waals surface area contributed by atoms with Crippen LogP contribution in [0.5, 0.6) is 0 Å². The Hall–Kier alpha value is -1.38. The van der Waals surface area contributed by atoms with Gasteiger partial charge in [-0.25, -0.2) is 4.39 Å². The molecule has 0 fully saturated rings. The maximum atomic E-state index is 13.5. The Balaban J connectivity index is 2.53. The van der Waals surface area contributed by atoms with Crippen molar-refractivity contribution in [3.63, 3.8) is 0 Å². The van der Waals surface area contributed by atoms with E-state index in [4.69, 9.17) is 11.6 Å². The first-order valence-corrected chi connectivity index (χ1v) is 6.19. The SMILES string of the molecule is CNC(c1ccccc1C)c1cccc(F)c1Cl. The van der Waals surface area contributed by atoms with Gasteiger partial charge in [-0.05, 0) is 36.7 Å². The van der Waals surface area contributed by atoms with Gasteiger partial charge in [-0.15, -0.1) is 0 Å². The highest BCUT2D eigenvalue weighted by atomic mass is 35.5. The van der Waals surface area contributed by atoms with Crippen LogP contribution < -0.4 is 5.32 Å². The summed E-state index contributed by atoms with van der Waals surface area (Å²) in [7, 11) is 1.85. The lowest BCUT2D eigenvalue weighted by Gasteiger charge is -2.20. The van der Waals surface area contributed by atoms with Crippen LogP contribution in [0, 0.1) is 12.7 Å². The third-order valence-electron chi connectivity index (χ3n) is 3.08. The van der Waals surface area contributed by atoms with Gasteiger partial charge in [0.1, 0.15) is 5.82 Å². The Kier molecular flexibility index (Phi) is 4.00. The van der Waals surface area contributed by atoms with Gasteiger partial charge in [-0.2, -0.15) is 0 Å². The number of rotatable bonds is 3. The number of hydrogen-bond acceptors (Lipinski definition) is 1. The van der Waals surface area contributed by atoms with Crippen molar-refractivity contribution in [1.82, 2.24) is 5.32 Å². The maximum absolute atomic E-state index is 13.5. The fourth-order valence-corrected chi connectivity index (χ4v) is 2.37. The Morgan fingerprint density at radius 1 is 1.06 bits per heavy atom. The van der Waals surface area contributed by atoms with Gasteiger partial charge >= 0.3 is 0 Å². The Labute approximate surface area is 112 Å². The van der Waals surface area contributed by atoms with Crippen molar-refractivity contribution >= 4 is 11.6 Å². The van der Waals surface area contributed by atoms with Crippen molar-refractivity contribution in [2.24, 2.45) is 0 Å². The standard InChI is InChI=1S/C15H15ClFN/c1-10-6-3-4-7-11(10)15(18-2)12-8-5-9-13(17)14(12)16/h3-9,15,18H,1-2H3. The molecule has 0 saturated carbocycles. The van der Waals surface area contributed by atoms with Crippen molar-refractivity contribution in [3.05, 3.63) is 70.0 Å². The highest BCUT2D eigenvalue weighted by Crippen LogP contribution is 2.31. The van der Waals surface area contributed by atoms with Crippen LogP contribution in [0.15, 0.2) is 42.5 Å². The average Bonchev–Trinajstić information content (AvgIpc) is 2.37. The molecule has 0 saturated heterocycles. The van der Waals surface area contributed by atoms with E-state index < -0.39 is 0 Å². The van der Waals surface area contributed by atoms with Gasteiger partial charge in [0.05, 0.1) is 11.1 Å². The Morgan fingerprint density at radius 3 is 2.39 bits per heavy atom. The van der Waals surface area contributed by atoms with Crippen LogP contribution in [0.1, 0.15) is 22.7 Å². The molecule has 1 N–H and O–H groups in total. The van der Waals surface area contributed by atoms with E-state index in [1.54, 1.807) is 6.07 Å². The van der Waals surface area contributed by atoms with Crippen LogP contribution in [-0.4, -0.2) is 7.05 Å². The first-order chi connectivity index (χ1) is 8.65. The van der Waals surface area contributed by atoms with E-state index in [0.717, 1.165) is 16.7 Å². The highest BCUT2D eigenvalue weighted by molar-refractivity contribution is 6.31. The van der Waals surface area contributed by atoms with E-state index >= 15 is 0 Å². The normalized spacial score (nSPS) is 12.4. The van der Waals surface area contributed by atoms with Gasteiger partial charge in [-0.3, -0.25) is 0 Å². The molecule has 0 aromatic heterocycles. The molecule has 2 rings (SSSR count). The lowest BCUT2D eigenvalue weighted by Crippen LogP contribution is -2.19. The fraction of sp³-hybridized carbons (Fsp3) is 0.200. The predicted molar refractivity (Wildman–Crippen MR) is 73.5 cm³/mol. The van der Waals surface area contributed by atoms with Crippen molar-refractivity contribution in [3.8, 4) is 0 Å². The summed E-state index contributed by atoms with van der Waals surface area (Å²) < 4.78 is 13.5. The zero-order valence-corrected chi connectivity index (χ0v) is 11.1. The molecular weight excluding hydrogens is 249 g/mol. The molecule has 0 aliphatic heterocycles. The molecule has 0 amide bonds. The van der Waals surface area contributed by atoms with Crippen LogP contribution in [0.25, 0.3) is 0 Å². The van der Waals surface area contributed by atoms with Gasteiger partial charge in [0, 0.05) is 0 Å².